The first kappa shape index (κ1) is 21.1. The van der Waals surface area contributed by atoms with Crippen LogP contribution in [0.1, 0.15) is 27.0 Å². The van der Waals surface area contributed by atoms with E-state index in [1.165, 1.54) is 0 Å². The number of para-hydroxylation sites is 1. The minimum atomic E-state index is -0.275. The van der Waals surface area contributed by atoms with E-state index in [0.717, 1.165) is 22.4 Å². The lowest BCUT2D eigenvalue weighted by molar-refractivity contribution is -0.114. The summed E-state index contributed by atoms with van der Waals surface area (Å²) in [5.41, 5.74) is 4.52. The van der Waals surface area contributed by atoms with Crippen LogP contribution in [0.2, 0.25) is 0 Å². The molecule has 0 spiro atoms. The molecule has 6 heteroatoms. The van der Waals surface area contributed by atoms with Gasteiger partial charge in [-0.15, -0.1) is 0 Å². The van der Waals surface area contributed by atoms with Crippen LogP contribution in [0.4, 0.5) is 11.4 Å². The predicted molar refractivity (Wildman–Crippen MR) is 118 cm³/mol. The topological polar surface area (TPSA) is 90.5 Å². The number of carbonyl (C=O) groups is 2. The SMILES string of the molecule is Cc1ccc(CNC(=O)c2ccccc2NC(=O)CNc2cccc(CO)c2)cc1. The van der Waals surface area contributed by atoms with E-state index in [1.54, 1.807) is 42.5 Å². The third-order valence-electron chi connectivity index (χ3n) is 4.58. The average Bonchev–Trinajstić information content (AvgIpc) is 2.77. The molecule has 0 bridgehead atoms. The number of aliphatic hydroxyl groups is 1. The molecule has 0 unspecified atom stereocenters. The molecule has 0 radical (unpaired) electrons. The fourth-order valence-electron chi connectivity index (χ4n) is 2.93. The third kappa shape index (κ3) is 5.93. The van der Waals surface area contributed by atoms with Crippen molar-refractivity contribution in [3.05, 3.63) is 95.1 Å². The Morgan fingerprint density at radius 3 is 2.43 bits per heavy atom. The zero-order valence-electron chi connectivity index (χ0n) is 16.8. The van der Waals surface area contributed by atoms with Gasteiger partial charge in [-0.05, 0) is 42.3 Å². The van der Waals surface area contributed by atoms with Crippen molar-refractivity contribution in [1.82, 2.24) is 5.32 Å². The summed E-state index contributed by atoms with van der Waals surface area (Å²) in [6.07, 6.45) is 0. The Balaban J connectivity index is 1.58. The molecule has 3 aromatic carbocycles. The molecular weight excluding hydrogens is 378 g/mol. The summed E-state index contributed by atoms with van der Waals surface area (Å²) in [5.74, 6) is -0.529. The van der Waals surface area contributed by atoms with Gasteiger partial charge in [0.2, 0.25) is 5.91 Å². The van der Waals surface area contributed by atoms with Gasteiger partial charge in [0, 0.05) is 12.2 Å². The third-order valence-corrected chi connectivity index (χ3v) is 4.58. The minimum Gasteiger partial charge on any atom is -0.392 e. The Hall–Kier alpha value is -3.64. The number of aliphatic hydroxyl groups excluding tert-OH is 1. The fraction of sp³-hybridized carbons (Fsp3) is 0.167. The Bertz CT molecular complexity index is 1020. The van der Waals surface area contributed by atoms with Gasteiger partial charge >= 0.3 is 0 Å². The summed E-state index contributed by atoms with van der Waals surface area (Å²) >= 11 is 0. The molecule has 6 nitrogen and oxygen atoms in total. The Morgan fingerprint density at radius 1 is 0.900 bits per heavy atom. The zero-order chi connectivity index (χ0) is 21.3. The highest BCUT2D eigenvalue weighted by molar-refractivity contribution is 6.04. The molecule has 3 aromatic rings. The number of rotatable bonds is 8. The van der Waals surface area contributed by atoms with Gasteiger partial charge in [-0.3, -0.25) is 9.59 Å². The summed E-state index contributed by atoms with van der Waals surface area (Å²) in [7, 11) is 0. The van der Waals surface area contributed by atoms with Crippen LogP contribution in [-0.4, -0.2) is 23.5 Å². The van der Waals surface area contributed by atoms with Gasteiger partial charge in [0.1, 0.15) is 0 Å². The predicted octanol–water partition coefficient (Wildman–Crippen LogP) is 3.47. The fourth-order valence-corrected chi connectivity index (χ4v) is 2.93. The number of hydrogen-bond donors (Lipinski definition) is 4. The van der Waals surface area contributed by atoms with Crippen molar-refractivity contribution in [1.29, 1.82) is 0 Å². The monoisotopic (exact) mass is 403 g/mol. The van der Waals surface area contributed by atoms with Crippen LogP contribution in [0, 0.1) is 6.92 Å². The Labute approximate surface area is 176 Å². The van der Waals surface area contributed by atoms with Crippen LogP contribution >= 0.6 is 0 Å². The van der Waals surface area contributed by atoms with Gasteiger partial charge < -0.3 is 21.1 Å². The first-order valence-electron chi connectivity index (χ1n) is 9.71. The molecule has 4 N–H and O–H groups in total. The van der Waals surface area contributed by atoms with E-state index < -0.39 is 0 Å². The molecule has 0 aliphatic rings. The molecule has 0 atom stereocenters. The number of amides is 2. The molecule has 0 aliphatic carbocycles. The summed E-state index contributed by atoms with van der Waals surface area (Å²) in [5, 5.41) is 17.9. The molecule has 30 heavy (non-hydrogen) atoms. The molecule has 0 heterocycles. The molecule has 3 rings (SSSR count). The first-order valence-corrected chi connectivity index (χ1v) is 9.71. The highest BCUT2D eigenvalue weighted by Gasteiger charge is 2.13. The van der Waals surface area contributed by atoms with Gasteiger partial charge in [0.25, 0.3) is 5.91 Å². The van der Waals surface area contributed by atoms with Gasteiger partial charge in [-0.1, -0.05) is 54.1 Å². The van der Waals surface area contributed by atoms with Crippen LogP contribution in [0.5, 0.6) is 0 Å². The molecule has 0 saturated carbocycles. The summed E-state index contributed by atoms with van der Waals surface area (Å²) < 4.78 is 0. The van der Waals surface area contributed by atoms with Crippen molar-refractivity contribution in [2.75, 3.05) is 17.2 Å². The Morgan fingerprint density at radius 2 is 1.67 bits per heavy atom. The second-order valence-corrected chi connectivity index (χ2v) is 6.97. The maximum Gasteiger partial charge on any atom is 0.253 e. The number of anilines is 2. The molecule has 0 fully saturated rings. The van der Waals surface area contributed by atoms with Crippen LogP contribution in [-0.2, 0) is 17.9 Å². The van der Waals surface area contributed by atoms with Crippen LogP contribution in [0.15, 0.2) is 72.8 Å². The molecule has 2 amide bonds. The van der Waals surface area contributed by atoms with E-state index in [1.807, 2.05) is 37.3 Å². The van der Waals surface area contributed by atoms with Crippen molar-refractivity contribution in [2.24, 2.45) is 0 Å². The lowest BCUT2D eigenvalue weighted by Crippen LogP contribution is -2.26. The zero-order valence-corrected chi connectivity index (χ0v) is 16.8. The van der Waals surface area contributed by atoms with Crippen molar-refractivity contribution >= 4 is 23.2 Å². The maximum absolute atomic E-state index is 12.6. The number of aryl methyl sites for hydroxylation is 1. The Kier molecular flexibility index (Phi) is 7.19. The molecular formula is C24H25N3O3. The molecule has 0 saturated heterocycles. The highest BCUT2D eigenvalue weighted by Crippen LogP contribution is 2.16. The van der Waals surface area contributed by atoms with Crippen molar-refractivity contribution in [2.45, 2.75) is 20.1 Å². The van der Waals surface area contributed by atoms with E-state index in [-0.39, 0.29) is 25.0 Å². The van der Waals surface area contributed by atoms with E-state index in [9.17, 15) is 14.7 Å². The van der Waals surface area contributed by atoms with Crippen LogP contribution in [0.25, 0.3) is 0 Å². The van der Waals surface area contributed by atoms with Crippen LogP contribution < -0.4 is 16.0 Å². The lowest BCUT2D eigenvalue weighted by atomic mass is 10.1. The van der Waals surface area contributed by atoms with Gasteiger partial charge in [0.15, 0.2) is 0 Å². The molecule has 0 aromatic heterocycles. The number of nitrogens with one attached hydrogen (secondary N) is 3. The van der Waals surface area contributed by atoms with Gasteiger partial charge in [-0.25, -0.2) is 0 Å². The quantitative estimate of drug-likeness (QED) is 0.464. The van der Waals surface area contributed by atoms with Crippen molar-refractivity contribution in [3.63, 3.8) is 0 Å². The molecule has 0 aliphatic heterocycles. The lowest BCUT2D eigenvalue weighted by Gasteiger charge is -2.13. The summed E-state index contributed by atoms with van der Waals surface area (Å²) in [4.78, 5) is 25.0. The van der Waals surface area contributed by atoms with Crippen LogP contribution in [0.3, 0.4) is 0 Å². The number of carbonyl (C=O) groups excluding carboxylic acids is 2. The average molecular weight is 403 g/mol. The second-order valence-electron chi connectivity index (χ2n) is 6.97. The minimum absolute atomic E-state index is 0.0359. The second kappa shape index (κ2) is 10.2. The van der Waals surface area contributed by atoms with E-state index >= 15 is 0 Å². The number of hydrogen-bond acceptors (Lipinski definition) is 4. The molecule has 154 valence electrons. The first-order chi connectivity index (χ1) is 14.5. The van der Waals surface area contributed by atoms with Gasteiger partial charge in [-0.2, -0.15) is 0 Å². The smallest absolute Gasteiger partial charge is 0.253 e. The number of benzene rings is 3. The standard InChI is InChI=1S/C24H25N3O3/c1-17-9-11-18(12-10-17)14-26-24(30)21-7-2-3-8-22(21)27-23(29)15-25-20-6-4-5-19(13-20)16-28/h2-13,25,28H,14-16H2,1H3,(H,26,30)(H,27,29). The van der Waals surface area contributed by atoms with E-state index in [0.29, 0.717) is 17.8 Å². The van der Waals surface area contributed by atoms with Crippen molar-refractivity contribution < 1.29 is 14.7 Å². The van der Waals surface area contributed by atoms with E-state index in [4.69, 9.17) is 0 Å². The van der Waals surface area contributed by atoms with Gasteiger partial charge in [0.05, 0.1) is 24.4 Å². The normalized spacial score (nSPS) is 10.3. The van der Waals surface area contributed by atoms with E-state index in [2.05, 4.69) is 16.0 Å². The largest absolute Gasteiger partial charge is 0.392 e. The summed E-state index contributed by atoms with van der Waals surface area (Å²) in [6.45, 7) is 2.39. The summed E-state index contributed by atoms with van der Waals surface area (Å²) in [6, 6.07) is 22.1. The maximum atomic E-state index is 12.6. The highest BCUT2D eigenvalue weighted by atomic mass is 16.3. The van der Waals surface area contributed by atoms with Crippen molar-refractivity contribution in [3.8, 4) is 0 Å².